The van der Waals surface area contributed by atoms with Gasteiger partial charge in [0, 0.05) is 56.5 Å². The first-order chi connectivity index (χ1) is 12.7. The fourth-order valence-corrected chi connectivity index (χ4v) is 3.57. The largest absolute Gasteiger partial charge is 0.508 e. The van der Waals surface area contributed by atoms with E-state index in [1.54, 1.807) is 24.3 Å². The van der Waals surface area contributed by atoms with Crippen LogP contribution in [0.25, 0.3) is 0 Å². The van der Waals surface area contributed by atoms with Crippen LogP contribution in [0.4, 0.5) is 0 Å². The Balaban J connectivity index is 1.85. The topological polar surface area (TPSA) is 40.5 Å². The highest BCUT2D eigenvalue weighted by molar-refractivity contribution is 7.68. The summed E-state index contributed by atoms with van der Waals surface area (Å²) in [4.78, 5) is 0. The van der Waals surface area contributed by atoms with Crippen LogP contribution in [0.15, 0.2) is 48.5 Å². The summed E-state index contributed by atoms with van der Waals surface area (Å²) >= 11 is 0. The first-order valence-corrected chi connectivity index (χ1v) is 10.3. The molecule has 0 spiro atoms. The van der Waals surface area contributed by atoms with Gasteiger partial charge in [-0.25, -0.2) is 0 Å². The van der Waals surface area contributed by atoms with Crippen LogP contribution in [0.3, 0.4) is 0 Å². The zero-order valence-electron chi connectivity index (χ0n) is 16.2. The van der Waals surface area contributed by atoms with Crippen molar-refractivity contribution in [1.29, 1.82) is 0 Å². The summed E-state index contributed by atoms with van der Waals surface area (Å²) in [6, 6.07) is 15.2. The Morgan fingerprint density at radius 2 is 1.19 bits per heavy atom. The minimum atomic E-state index is 0.318. The maximum atomic E-state index is 9.57. The second-order valence-electron chi connectivity index (χ2n) is 7.42. The first kappa shape index (κ1) is 21.0. The van der Waals surface area contributed by atoms with E-state index in [2.05, 4.69) is 7.74 Å². The molecule has 0 aliphatic heterocycles. The maximum Gasteiger partial charge on any atom is 0.115 e. The molecule has 0 saturated heterocycles. The Hall–Kier alpha value is -1.31. The first-order valence-electron chi connectivity index (χ1n) is 10.3. The molecule has 2 N–H and O–H groups in total. The van der Waals surface area contributed by atoms with Crippen molar-refractivity contribution in [2.24, 2.45) is 0 Å². The molecule has 0 aliphatic carbocycles. The van der Waals surface area contributed by atoms with Gasteiger partial charge in [-0.2, -0.15) is 0 Å². The summed E-state index contributed by atoms with van der Waals surface area (Å²) in [5.41, 5.74) is 2.54. The molecule has 0 radical (unpaired) electrons. The van der Waals surface area contributed by atoms with Crippen LogP contribution in [0.2, 0.25) is 0 Å². The Kier molecular flexibility index (Phi) is 9.81. The molecule has 12 heteroatoms. The summed E-state index contributed by atoms with van der Waals surface area (Å²) in [5, 5.41) is 19.1. The molecule has 2 aromatic rings. The van der Waals surface area contributed by atoms with Crippen molar-refractivity contribution in [3.8, 4) is 11.5 Å². The van der Waals surface area contributed by atoms with E-state index < -0.39 is 0 Å². The van der Waals surface area contributed by atoms with Gasteiger partial charge >= 0.3 is 0 Å². The lowest BCUT2D eigenvalue weighted by molar-refractivity contribution is 0.474. The number of benzene rings is 2. The average Bonchev–Trinajstić information content (AvgIpc) is 2.65. The van der Waals surface area contributed by atoms with Crippen molar-refractivity contribution >= 4 is 71.4 Å². The minimum absolute atomic E-state index is 0.318. The van der Waals surface area contributed by atoms with Crippen LogP contribution >= 0.6 is 0 Å². The lowest BCUT2D eigenvalue weighted by Crippen LogP contribution is -2.33. The molecule has 0 aromatic heterocycles. The molecular formula is C14H24B10O2. The summed E-state index contributed by atoms with van der Waals surface area (Å²) < 4.78 is 0. The fraction of sp³-hybridized carbons (Fsp3) is 0.143. The number of aromatic hydroxyl groups is 2. The highest BCUT2D eigenvalue weighted by atomic mass is 16.3. The summed E-state index contributed by atoms with van der Waals surface area (Å²) in [6.07, 6.45) is 0.974. The SMILES string of the molecule is BBBBBBBBBBC(Cc1ccc(O)cc1)c1ccc(O)cc1. The molecule has 0 amide bonds. The van der Waals surface area contributed by atoms with Crippen LogP contribution in [0.1, 0.15) is 16.9 Å². The van der Waals surface area contributed by atoms with E-state index in [-0.39, 0.29) is 0 Å². The Morgan fingerprint density at radius 1 is 0.692 bits per heavy atom. The number of phenolic OH excluding ortho intramolecular Hbond substituents is 2. The normalized spacial score (nSPS) is 10.8. The van der Waals surface area contributed by atoms with Crippen LogP contribution in [-0.2, 0) is 6.42 Å². The molecule has 26 heavy (non-hydrogen) atoms. The van der Waals surface area contributed by atoms with Gasteiger partial charge in [0.15, 0.2) is 0 Å². The highest BCUT2D eigenvalue weighted by Crippen LogP contribution is 2.23. The van der Waals surface area contributed by atoms with Gasteiger partial charge in [-0.15, -0.1) is 0 Å². The van der Waals surface area contributed by atoms with Crippen molar-refractivity contribution < 1.29 is 10.2 Å². The van der Waals surface area contributed by atoms with Crippen LogP contribution in [0.5, 0.6) is 11.5 Å². The molecule has 1 atom stereocenters. The van der Waals surface area contributed by atoms with Gasteiger partial charge in [-0.05, 0) is 42.1 Å². The lowest BCUT2D eigenvalue weighted by atomic mass is 8.88. The van der Waals surface area contributed by atoms with Gasteiger partial charge in [0.1, 0.15) is 11.5 Å². The smallest absolute Gasteiger partial charge is 0.115 e. The Morgan fingerprint density at radius 3 is 1.77 bits per heavy atom. The maximum absolute atomic E-state index is 9.57. The summed E-state index contributed by atoms with van der Waals surface area (Å²) in [5.74, 6) is 1.10. The molecule has 2 rings (SSSR count). The van der Waals surface area contributed by atoms with Crippen molar-refractivity contribution in [3.05, 3.63) is 59.7 Å². The zero-order valence-corrected chi connectivity index (χ0v) is 16.2. The van der Waals surface area contributed by atoms with E-state index >= 15 is 0 Å². The highest BCUT2D eigenvalue weighted by Gasteiger charge is 2.14. The molecular weight excluding hydrogens is 308 g/mol. The van der Waals surface area contributed by atoms with Crippen molar-refractivity contribution in [2.45, 2.75) is 12.2 Å². The number of hydrogen-bond acceptors (Lipinski definition) is 2. The Labute approximate surface area is 165 Å². The standard InChI is InChI=1S/C14H24B10O2/c15-17-19-21-23-24-22-20-18-16-14(11-3-7-13(26)8-4-11)9-10-1-5-12(25)6-2-10/h1-8,14,16-26H,9,15H2. The van der Waals surface area contributed by atoms with Gasteiger partial charge in [0.2, 0.25) is 0 Å². The zero-order chi connectivity index (χ0) is 18.6. The van der Waals surface area contributed by atoms with Gasteiger partial charge in [0.25, 0.3) is 0 Å². The summed E-state index contributed by atoms with van der Waals surface area (Å²) in [7, 11) is 14.1. The van der Waals surface area contributed by atoms with Gasteiger partial charge in [0.05, 0.1) is 14.9 Å². The van der Waals surface area contributed by atoms with Crippen LogP contribution in [-0.4, -0.2) is 81.6 Å². The second-order valence-corrected chi connectivity index (χ2v) is 7.42. The van der Waals surface area contributed by atoms with E-state index in [1.165, 1.54) is 74.8 Å². The molecule has 0 fully saturated rings. The fourth-order valence-electron chi connectivity index (χ4n) is 3.57. The van der Waals surface area contributed by atoms with Crippen LogP contribution < -0.4 is 0 Å². The second kappa shape index (κ2) is 12.1. The number of rotatable bonds is 12. The van der Waals surface area contributed by atoms with Crippen LogP contribution in [0, 0.1) is 0 Å². The quantitative estimate of drug-likeness (QED) is 0.309. The van der Waals surface area contributed by atoms with E-state index in [1.807, 2.05) is 24.3 Å². The predicted octanol–water partition coefficient (Wildman–Crippen LogP) is -3.82. The monoisotopic (exact) mass is 334 g/mol. The third-order valence-electron chi connectivity index (χ3n) is 5.19. The van der Waals surface area contributed by atoms with Crippen molar-refractivity contribution in [3.63, 3.8) is 0 Å². The molecule has 0 saturated carbocycles. The molecule has 2 aromatic carbocycles. The molecule has 0 aliphatic rings. The molecule has 0 bridgehead atoms. The Bertz CT molecular complexity index is 625. The lowest BCUT2D eigenvalue weighted by Gasteiger charge is -2.17. The minimum Gasteiger partial charge on any atom is -0.508 e. The average molecular weight is 332 g/mol. The third-order valence-corrected chi connectivity index (χ3v) is 5.19. The van der Waals surface area contributed by atoms with Crippen molar-refractivity contribution in [1.82, 2.24) is 0 Å². The molecule has 1 unspecified atom stereocenters. The van der Waals surface area contributed by atoms with Gasteiger partial charge in [-0.1, -0.05) is 29.8 Å². The number of hydrogen-bond donors (Lipinski definition) is 2. The van der Waals surface area contributed by atoms with E-state index in [0.29, 0.717) is 17.3 Å². The van der Waals surface area contributed by atoms with E-state index in [4.69, 9.17) is 0 Å². The van der Waals surface area contributed by atoms with Gasteiger partial charge < -0.3 is 10.2 Å². The number of phenols is 2. The van der Waals surface area contributed by atoms with E-state index in [0.717, 1.165) is 6.42 Å². The summed E-state index contributed by atoms with van der Waals surface area (Å²) in [6.45, 7) is 0. The predicted molar refractivity (Wildman–Crippen MR) is 136 cm³/mol. The van der Waals surface area contributed by atoms with Gasteiger partial charge in [-0.3, -0.25) is 0 Å². The molecule has 0 heterocycles. The third kappa shape index (κ3) is 7.93. The molecule has 122 valence electrons. The molecule has 2 nitrogen and oxygen atoms in total. The van der Waals surface area contributed by atoms with Crippen molar-refractivity contribution in [2.75, 3.05) is 0 Å². The van der Waals surface area contributed by atoms with E-state index in [9.17, 15) is 10.2 Å².